The summed E-state index contributed by atoms with van der Waals surface area (Å²) in [5.41, 5.74) is 6.76. The van der Waals surface area contributed by atoms with Crippen molar-refractivity contribution < 1.29 is 31.5 Å². The zero-order valence-corrected chi connectivity index (χ0v) is 17.2. The fourth-order valence-corrected chi connectivity index (χ4v) is 2.75. The maximum atomic E-state index is 12.4. The molecule has 0 aliphatic heterocycles. The smallest absolute Gasteiger partial charge is 0.337 e. The van der Waals surface area contributed by atoms with Crippen molar-refractivity contribution in [2.24, 2.45) is 0 Å². The monoisotopic (exact) mass is 432 g/mol. The lowest BCUT2D eigenvalue weighted by Crippen LogP contribution is -2.39. The first-order valence-corrected chi connectivity index (χ1v) is 9.46. The fourth-order valence-electron chi connectivity index (χ4n) is 2.75. The third-order valence-corrected chi connectivity index (χ3v) is 4.15. The van der Waals surface area contributed by atoms with Crippen molar-refractivity contribution in [3.8, 4) is 0 Å². The number of hydrogen-bond donors (Lipinski definition) is 3. The molecule has 31 heavy (non-hydrogen) atoms. The van der Waals surface area contributed by atoms with Crippen molar-refractivity contribution in [3.63, 3.8) is 0 Å². The molecule has 0 radical (unpaired) electrons. The van der Waals surface area contributed by atoms with Gasteiger partial charge in [-0.1, -0.05) is 6.07 Å². The Bertz CT molecular complexity index is 959. The van der Waals surface area contributed by atoms with Crippen molar-refractivity contribution in [1.29, 1.82) is 0 Å². The predicted molar refractivity (Wildman–Crippen MR) is 115 cm³/mol. The summed E-state index contributed by atoms with van der Waals surface area (Å²) in [7, 11) is 1.21. The number of esters is 2. The molecule has 2 rings (SSSR count). The van der Waals surface area contributed by atoms with Crippen molar-refractivity contribution in [2.75, 3.05) is 26.0 Å². The molecule has 10 nitrogen and oxygen atoms in total. The van der Waals surface area contributed by atoms with Gasteiger partial charge in [-0.2, -0.15) is 0 Å². The zero-order valence-electron chi connectivity index (χ0n) is 17.2. The van der Waals surface area contributed by atoms with E-state index in [1.807, 2.05) is 0 Å². The van der Waals surface area contributed by atoms with E-state index in [0.29, 0.717) is 5.56 Å². The first kappa shape index (κ1) is 23.3. The standard InChI is InChI=1S/C21H24N4O6.2H2/c1-3-31-19(27)10-17(13-5-4-6-23-11-13)25-18(26)12-24-20(28)14-7-15(21(29)30-2)9-16(22)8-14;;/h4-9,11,17H,3,10,12,22H2,1-2H3,(H,24,28)(H,25,26);2*1H. The van der Waals surface area contributed by atoms with Gasteiger partial charge in [-0.3, -0.25) is 19.4 Å². The topological polar surface area (TPSA) is 150 Å². The van der Waals surface area contributed by atoms with Crippen LogP contribution >= 0.6 is 0 Å². The number of aromatic nitrogens is 1. The lowest BCUT2D eigenvalue weighted by atomic mass is 10.1. The summed E-state index contributed by atoms with van der Waals surface area (Å²) in [6.45, 7) is 1.55. The third kappa shape index (κ3) is 7.11. The fraction of sp³-hybridized carbons (Fsp3) is 0.286. The highest BCUT2D eigenvalue weighted by molar-refractivity contribution is 6.00. The molecule has 0 spiro atoms. The number of nitrogens with one attached hydrogen (secondary N) is 2. The molecule has 0 saturated heterocycles. The van der Waals surface area contributed by atoms with Gasteiger partial charge < -0.3 is 25.8 Å². The summed E-state index contributed by atoms with van der Waals surface area (Å²) in [5, 5.41) is 5.14. The molecule has 10 heteroatoms. The molecule has 2 aromatic rings. The molecular formula is C21H28N4O6. The molecule has 168 valence electrons. The van der Waals surface area contributed by atoms with Gasteiger partial charge >= 0.3 is 11.9 Å². The number of hydrogen-bond acceptors (Lipinski definition) is 8. The highest BCUT2D eigenvalue weighted by Gasteiger charge is 2.20. The van der Waals surface area contributed by atoms with E-state index < -0.39 is 29.8 Å². The normalized spacial score (nSPS) is 11.2. The van der Waals surface area contributed by atoms with Crippen LogP contribution < -0.4 is 16.4 Å². The van der Waals surface area contributed by atoms with Gasteiger partial charge in [0.2, 0.25) is 5.91 Å². The molecule has 1 aromatic heterocycles. The number of carbonyl (C=O) groups is 4. The van der Waals surface area contributed by atoms with Gasteiger partial charge in [0, 0.05) is 26.5 Å². The predicted octanol–water partition coefficient (Wildman–Crippen LogP) is 1.48. The van der Waals surface area contributed by atoms with Gasteiger partial charge in [0.05, 0.1) is 38.3 Å². The van der Waals surface area contributed by atoms with Crippen LogP contribution in [0.4, 0.5) is 5.69 Å². The Morgan fingerprint density at radius 2 is 1.94 bits per heavy atom. The molecule has 1 aromatic carbocycles. The SMILES string of the molecule is CCOC(=O)CC(NC(=O)CNC(=O)c1cc(N)cc(C(=O)OC)c1)c1cccnc1.[HH].[HH]. The van der Waals surface area contributed by atoms with Gasteiger partial charge in [-0.05, 0) is 36.8 Å². The number of anilines is 1. The Kier molecular flexibility index (Phi) is 8.50. The van der Waals surface area contributed by atoms with E-state index in [9.17, 15) is 19.2 Å². The van der Waals surface area contributed by atoms with E-state index in [4.69, 9.17) is 10.5 Å². The van der Waals surface area contributed by atoms with Crippen molar-refractivity contribution in [2.45, 2.75) is 19.4 Å². The van der Waals surface area contributed by atoms with Crippen molar-refractivity contribution in [3.05, 3.63) is 59.4 Å². The minimum absolute atomic E-state index is 0. The second-order valence-electron chi connectivity index (χ2n) is 6.43. The van der Waals surface area contributed by atoms with Gasteiger partial charge in [0.25, 0.3) is 5.91 Å². The highest BCUT2D eigenvalue weighted by Crippen LogP contribution is 2.16. The van der Waals surface area contributed by atoms with Gasteiger partial charge in [0.15, 0.2) is 0 Å². The van der Waals surface area contributed by atoms with Crippen LogP contribution in [0.15, 0.2) is 42.7 Å². The van der Waals surface area contributed by atoms with Gasteiger partial charge in [-0.25, -0.2) is 4.79 Å². The van der Waals surface area contributed by atoms with Crippen LogP contribution in [-0.2, 0) is 19.1 Å². The maximum absolute atomic E-state index is 12.4. The van der Waals surface area contributed by atoms with Crippen LogP contribution in [0, 0.1) is 0 Å². The summed E-state index contributed by atoms with van der Waals surface area (Å²) < 4.78 is 9.58. The van der Waals surface area contributed by atoms with Crippen LogP contribution in [0.25, 0.3) is 0 Å². The molecule has 1 unspecified atom stereocenters. The summed E-state index contributed by atoms with van der Waals surface area (Å²) in [6, 6.07) is 6.80. The lowest BCUT2D eigenvalue weighted by Gasteiger charge is -2.18. The summed E-state index contributed by atoms with van der Waals surface area (Å²) in [6.07, 6.45) is 3.02. The first-order valence-electron chi connectivity index (χ1n) is 9.46. The van der Waals surface area contributed by atoms with Crippen LogP contribution in [0.1, 0.15) is 48.5 Å². The van der Waals surface area contributed by atoms with Crippen LogP contribution in [0.5, 0.6) is 0 Å². The van der Waals surface area contributed by atoms with Crippen LogP contribution in [0.3, 0.4) is 0 Å². The molecule has 0 fully saturated rings. The van der Waals surface area contributed by atoms with Gasteiger partial charge in [0.1, 0.15) is 0 Å². The quantitative estimate of drug-likeness (QED) is 0.398. The molecule has 0 aliphatic carbocycles. The Balaban J connectivity index is 0.00000512. The number of benzene rings is 1. The number of nitrogens with zero attached hydrogens (tertiary/aromatic N) is 1. The maximum Gasteiger partial charge on any atom is 0.337 e. The number of nitrogens with two attached hydrogens (primary N) is 1. The highest BCUT2D eigenvalue weighted by atomic mass is 16.5. The third-order valence-electron chi connectivity index (χ3n) is 4.15. The van der Waals surface area contributed by atoms with E-state index in [0.717, 1.165) is 0 Å². The summed E-state index contributed by atoms with van der Waals surface area (Å²) in [4.78, 5) is 52.4. The molecule has 0 bridgehead atoms. The molecule has 1 atom stereocenters. The molecule has 4 N–H and O–H groups in total. The zero-order chi connectivity index (χ0) is 22.8. The summed E-state index contributed by atoms with van der Waals surface area (Å²) >= 11 is 0. The van der Waals surface area contributed by atoms with E-state index in [1.165, 1.54) is 31.5 Å². The molecule has 0 aliphatic rings. The van der Waals surface area contributed by atoms with E-state index in [-0.39, 0.29) is 39.2 Å². The van der Waals surface area contributed by atoms with E-state index in [1.54, 1.807) is 25.3 Å². The number of methoxy groups -OCH3 is 1. The Hall–Kier alpha value is -3.95. The minimum Gasteiger partial charge on any atom is -0.466 e. The molecule has 2 amide bonds. The molecular weight excluding hydrogens is 404 g/mol. The number of carbonyl (C=O) groups excluding carboxylic acids is 4. The number of pyridine rings is 1. The second kappa shape index (κ2) is 11.3. The minimum atomic E-state index is -0.671. The van der Waals surface area contributed by atoms with Crippen LogP contribution in [-0.4, -0.2) is 49.0 Å². The van der Waals surface area contributed by atoms with Crippen molar-refractivity contribution in [1.82, 2.24) is 15.6 Å². The summed E-state index contributed by atoms with van der Waals surface area (Å²) in [5.74, 6) is -2.24. The average molecular weight is 432 g/mol. The van der Waals surface area contributed by atoms with E-state index >= 15 is 0 Å². The van der Waals surface area contributed by atoms with Crippen molar-refractivity contribution >= 4 is 29.4 Å². The Labute approximate surface area is 182 Å². The molecule has 1 heterocycles. The van der Waals surface area contributed by atoms with E-state index in [2.05, 4.69) is 20.4 Å². The largest absolute Gasteiger partial charge is 0.466 e. The van der Waals surface area contributed by atoms with Gasteiger partial charge in [-0.15, -0.1) is 0 Å². The first-order chi connectivity index (χ1) is 14.8. The average Bonchev–Trinajstić information content (AvgIpc) is 2.76. The number of ether oxygens (including phenoxy) is 2. The number of amides is 2. The lowest BCUT2D eigenvalue weighted by molar-refractivity contribution is -0.143. The second-order valence-corrected chi connectivity index (χ2v) is 6.43. The Morgan fingerprint density at radius 3 is 2.58 bits per heavy atom. The molecule has 0 saturated carbocycles. The number of rotatable bonds is 9. The number of nitrogen functional groups attached to an aromatic ring is 1. The Morgan fingerprint density at radius 1 is 1.19 bits per heavy atom. The van der Waals surface area contributed by atoms with Crippen LogP contribution in [0.2, 0.25) is 0 Å².